The summed E-state index contributed by atoms with van der Waals surface area (Å²) in [6.07, 6.45) is 1.35. The average Bonchev–Trinajstić information content (AvgIpc) is 2.37. The van der Waals surface area contributed by atoms with Gasteiger partial charge < -0.3 is 14.9 Å². The van der Waals surface area contributed by atoms with E-state index in [9.17, 15) is 9.90 Å². The maximum atomic E-state index is 10.6. The van der Waals surface area contributed by atoms with Crippen molar-refractivity contribution in [1.29, 1.82) is 0 Å². The summed E-state index contributed by atoms with van der Waals surface area (Å²) in [5, 5.41) is 18.0. The minimum atomic E-state index is -1.07. The van der Waals surface area contributed by atoms with Crippen LogP contribution in [0.1, 0.15) is 16.1 Å². The van der Waals surface area contributed by atoms with Gasteiger partial charge in [0.05, 0.1) is 6.20 Å². The normalized spacial score (nSPS) is 10.0. The Morgan fingerprint density at radius 2 is 2.11 bits per heavy atom. The molecule has 0 saturated heterocycles. The van der Waals surface area contributed by atoms with Gasteiger partial charge in [-0.1, -0.05) is 12.1 Å². The number of phenols is 1. The average molecular weight is 245 g/mol. The smallest absolute Gasteiger partial charge is 0.354 e. The minimum Gasteiger partial charge on any atom is -0.508 e. The molecule has 0 radical (unpaired) electrons. The van der Waals surface area contributed by atoms with Crippen LogP contribution in [-0.2, 0) is 6.61 Å². The van der Waals surface area contributed by atoms with Gasteiger partial charge in [0.15, 0.2) is 0 Å². The number of carbonyl (C=O) groups is 1. The first-order valence-corrected chi connectivity index (χ1v) is 5.25. The highest BCUT2D eigenvalue weighted by Crippen LogP contribution is 2.15. The van der Waals surface area contributed by atoms with Crippen molar-refractivity contribution < 1.29 is 19.7 Å². The number of benzene rings is 1. The molecule has 0 aliphatic carbocycles. The molecule has 0 bridgehead atoms. The summed E-state index contributed by atoms with van der Waals surface area (Å²) < 4.78 is 5.42. The second-order valence-electron chi connectivity index (χ2n) is 3.64. The predicted octanol–water partition coefficient (Wildman–Crippen LogP) is 2.06. The third-order valence-corrected chi connectivity index (χ3v) is 2.27. The molecule has 2 rings (SSSR count). The molecule has 18 heavy (non-hydrogen) atoms. The van der Waals surface area contributed by atoms with E-state index in [4.69, 9.17) is 9.84 Å². The predicted molar refractivity (Wildman–Crippen MR) is 63.6 cm³/mol. The molecule has 5 nitrogen and oxygen atoms in total. The van der Waals surface area contributed by atoms with E-state index in [1.54, 1.807) is 24.3 Å². The highest BCUT2D eigenvalue weighted by molar-refractivity contribution is 5.85. The summed E-state index contributed by atoms with van der Waals surface area (Å²) in [6, 6.07) is 9.63. The summed E-state index contributed by atoms with van der Waals surface area (Å²) in [5.74, 6) is -0.423. The SMILES string of the molecule is O=C(O)c1ccc(OCc2cccc(O)c2)cn1. The minimum absolute atomic E-state index is 0.0281. The van der Waals surface area contributed by atoms with Gasteiger partial charge in [-0.25, -0.2) is 9.78 Å². The Hall–Kier alpha value is -2.56. The monoisotopic (exact) mass is 245 g/mol. The first kappa shape index (κ1) is 11.9. The molecule has 0 spiro atoms. The van der Waals surface area contributed by atoms with Gasteiger partial charge in [0.25, 0.3) is 0 Å². The molecule has 0 saturated carbocycles. The van der Waals surface area contributed by atoms with Gasteiger partial charge in [0, 0.05) is 0 Å². The van der Waals surface area contributed by atoms with Crippen molar-refractivity contribution in [3.05, 3.63) is 53.9 Å². The van der Waals surface area contributed by atoms with E-state index in [-0.39, 0.29) is 18.1 Å². The molecule has 0 aliphatic rings. The van der Waals surface area contributed by atoms with Crippen LogP contribution in [0.4, 0.5) is 0 Å². The van der Waals surface area contributed by atoms with Crippen molar-refractivity contribution in [2.75, 3.05) is 0 Å². The topological polar surface area (TPSA) is 79.7 Å². The van der Waals surface area contributed by atoms with E-state index in [2.05, 4.69) is 4.98 Å². The van der Waals surface area contributed by atoms with Gasteiger partial charge in [-0.05, 0) is 29.8 Å². The van der Waals surface area contributed by atoms with Crippen LogP contribution in [0.15, 0.2) is 42.6 Å². The number of carboxylic acid groups (broad SMARTS) is 1. The van der Waals surface area contributed by atoms with Crippen LogP contribution >= 0.6 is 0 Å². The van der Waals surface area contributed by atoms with Crippen LogP contribution in [0.25, 0.3) is 0 Å². The van der Waals surface area contributed by atoms with E-state index in [0.29, 0.717) is 5.75 Å². The Balaban J connectivity index is 2.00. The van der Waals surface area contributed by atoms with Crippen LogP contribution in [0.3, 0.4) is 0 Å². The lowest BCUT2D eigenvalue weighted by atomic mass is 10.2. The maximum Gasteiger partial charge on any atom is 0.354 e. The Bertz CT molecular complexity index is 551. The number of hydrogen-bond acceptors (Lipinski definition) is 4. The fourth-order valence-corrected chi connectivity index (χ4v) is 1.41. The molecule has 0 atom stereocenters. The van der Waals surface area contributed by atoms with E-state index >= 15 is 0 Å². The Labute approximate surface area is 103 Å². The highest BCUT2D eigenvalue weighted by Gasteiger charge is 2.04. The van der Waals surface area contributed by atoms with Gasteiger partial charge in [0.1, 0.15) is 23.8 Å². The summed E-state index contributed by atoms with van der Waals surface area (Å²) in [7, 11) is 0. The van der Waals surface area contributed by atoms with Gasteiger partial charge in [-0.2, -0.15) is 0 Å². The van der Waals surface area contributed by atoms with Crippen LogP contribution in [0, 0.1) is 0 Å². The molecule has 2 N–H and O–H groups in total. The molecule has 0 unspecified atom stereocenters. The number of rotatable bonds is 4. The number of nitrogens with zero attached hydrogens (tertiary/aromatic N) is 1. The van der Waals surface area contributed by atoms with Gasteiger partial charge in [-0.15, -0.1) is 0 Å². The summed E-state index contributed by atoms with van der Waals surface area (Å²) >= 11 is 0. The molecule has 1 heterocycles. The zero-order valence-electron chi connectivity index (χ0n) is 9.41. The lowest BCUT2D eigenvalue weighted by Gasteiger charge is -2.06. The number of phenolic OH excluding ortho intramolecular Hbond substituents is 1. The number of aromatic carboxylic acids is 1. The van der Waals surface area contributed by atoms with Gasteiger partial charge >= 0.3 is 5.97 Å². The van der Waals surface area contributed by atoms with Crippen molar-refractivity contribution in [1.82, 2.24) is 4.98 Å². The number of pyridine rings is 1. The lowest BCUT2D eigenvalue weighted by molar-refractivity contribution is 0.0690. The molecule has 1 aromatic heterocycles. The number of hydrogen-bond donors (Lipinski definition) is 2. The van der Waals surface area contributed by atoms with E-state index in [0.717, 1.165) is 5.56 Å². The van der Waals surface area contributed by atoms with Crippen LogP contribution in [0.2, 0.25) is 0 Å². The zero-order valence-corrected chi connectivity index (χ0v) is 9.41. The third kappa shape index (κ3) is 2.98. The standard InChI is InChI=1S/C13H11NO4/c15-10-3-1-2-9(6-10)8-18-11-4-5-12(13(16)17)14-7-11/h1-7,15H,8H2,(H,16,17). The quantitative estimate of drug-likeness (QED) is 0.861. The van der Waals surface area contributed by atoms with Gasteiger partial charge in [-0.3, -0.25) is 0 Å². The molecule has 2 aromatic rings. The first-order valence-electron chi connectivity index (χ1n) is 5.25. The summed E-state index contributed by atoms with van der Waals surface area (Å²) in [4.78, 5) is 14.3. The third-order valence-electron chi connectivity index (χ3n) is 2.27. The maximum absolute atomic E-state index is 10.6. The summed E-state index contributed by atoms with van der Waals surface area (Å²) in [6.45, 7) is 0.280. The van der Waals surface area contributed by atoms with E-state index in [1.165, 1.54) is 12.3 Å². The van der Waals surface area contributed by atoms with Gasteiger partial charge in [0.2, 0.25) is 0 Å². The van der Waals surface area contributed by atoms with Crippen molar-refractivity contribution in [2.45, 2.75) is 6.61 Å². The second kappa shape index (κ2) is 5.18. The highest BCUT2D eigenvalue weighted by atomic mass is 16.5. The summed E-state index contributed by atoms with van der Waals surface area (Å²) in [5.41, 5.74) is 0.789. The van der Waals surface area contributed by atoms with E-state index in [1.807, 2.05) is 6.07 Å². The Morgan fingerprint density at radius 3 is 2.72 bits per heavy atom. The van der Waals surface area contributed by atoms with Crippen LogP contribution < -0.4 is 4.74 Å². The zero-order chi connectivity index (χ0) is 13.0. The second-order valence-corrected chi connectivity index (χ2v) is 3.64. The largest absolute Gasteiger partial charge is 0.508 e. The molecule has 0 amide bonds. The van der Waals surface area contributed by atoms with E-state index < -0.39 is 5.97 Å². The molecular weight excluding hydrogens is 234 g/mol. The number of ether oxygens (including phenoxy) is 1. The first-order chi connectivity index (χ1) is 8.65. The van der Waals surface area contributed by atoms with Crippen molar-refractivity contribution in [3.63, 3.8) is 0 Å². The Kier molecular flexibility index (Phi) is 3.43. The van der Waals surface area contributed by atoms with Crippen LogP contribution in [0.5, 0.6) is 11.5 Å². The number of aromatic nitrogens is 1. The van der Waals surface area contributed by atoms with Crippen molar-refractivity contribution in [2.24, 2.45) is 0 Å². The fraction of sp³-hybridized carbons (Fsp3) is 0.0769. The van der Waals surface area contributed by atoms with Crippen molar-refractivity contribution >= 4 is 5.97 Å². The molecule has 5 heteroatoms. The fourth-order valence-electron chi connectivity index (χ4n) is 1.41. The molecule has 1 aromatic carbocycles. The van der Waals surface area contributed by atoms with Crippen LogP contribution in [-0.4, -0.2) is 21.2 Å². The molecular formula is C13H11NO4. The molecule has 0 aliphatic heterocycles. The Morgan fingerprint density at radius 1 is 1.28 bits per heavy atom. The lowest BCUT2D eigenvalue weighted by Crippen LogP contribution is -2.01. The molecule has 0 fully saturated rings. The van der Waals surface area contributed by atoms with Crippen molar-refractivity contribution in [3.8, 4) is 11.5 Å². The number of carboxylic acids is 1. The number of aromatic hydroxyl groups is 1. The molecule has 92 valence electrons.